The van der Waals surface area contributed by atoms with Gasteiger partial charge in [-0.15, -0.1) is 0 Å². The SMILES string of the molecule is CC(=O)/C=C/c1ccc(CO)o1. The van der Waals surface area contributed by atoms with E-state index in [4.69, 9.17) is 9.52 Å². The Kier molecular flexibility index (Phi) is 2.82. The molecule has 0 aromatic carbocycles. The summed E-state index contributed by atoms with van der Waals surface area (Å²) < 4.78 is 5.09. The minimum atomic E-state index is -0.117. The van der Waals surface area contributed by atoms with E-state index < -0.39 is 0 Å². The van der Waals surface area contributed by atoms with Crippen LogP contribution in [0.2, 0.25) is 0 Å². The van der Waals surface area contributed by atoms with Crippen LogP contribution in [0.4, 0.5) is 0 Å². The van der Waals surface area contributed by atoms with Crippen LogP contribution < -0.4 is 0 Å². The molecule has 1 aromatic rings. The second kappa shape index (κ2) is 3.88. The van der Waals surface area contributed by atoms with E-state index in [-0.39, 0.29) is 12.4 Å². The highest BCUT2D eigenvalue weighted by atomic mass is 16.4. The number of rotatable bonds is 3. The van der Waals surface area contributed by atoms with Gasteiger partial charge in [-0.05, 0) is 31.2 Å². The Labute approximate surface area is 70.3 Å². The van der Waals surface area contributed by atoms with Gasteiger partial charge in [-0.3, -0.25) is 4.79 Å². The molecule has 0 unspecified atom stereocenters. The van der Waals surface area contributed by atoms with Gasteiger partial charge in [-0.2, -0.15) is 0 Å². The van der Waals surface area contributed by atoms with Crippen molar-refractivity contribution in [3.63, 3.8) is 0 Å². The Morgan fingerprint density at radius 2 is 2.42 bits per heavy atom. The van der Waals surface area contributed by atoms with E-state index in [1.54, 1.807) is 18.2 Å². The highest BCUT2D eigenvalue weighted by molar-refractivity contribution is 5.91. The average molecular weight is 166 g/mol. The third kappa shape index (κ3) is 2.36. The van der Waals surface area contributed by atoms with Crippen molar-refractivity contribution in [3.8, 4) is 0 Å². The number of aliphatic hydroxyl groups excluding tert-OH is 1. The quantitative estimate of drug-likeness (QED) is 0.690. The number of furan rings is 1. The number of allylic oxidation sites excluding steroid dienone is 1. The van der Waals surface area contributed by atoms with Gasteiger partial charge in [0.05, 0.1) is 0 Å². The lowest BCUT2D eigenvalue weighted by Gasteiger charge is -1.85. The Hall–Kier alpha value is -1.35. The fourth-order valence-electron chi connectivity index (χ4n) is 0.769. The number of hydrogen-bond acceptors (Lipinski definition) is 3. The molecule has 0 bridgehead atoms. The van der Waals surface area contributed by atoms with E-state index in [1.165, 1.54) is 13.0 Å². The fourth-order valence-corrected chi connectivity index (χ4v) is 0.769. The van der Waals surface area contributed by atoms with Gasteiger partial charge in [0.15, 0.2) is 5.78 Å². The Bertz CT molecular complexity index is 296. The van der Waals surface area contributed by atoms with Gasteiger partial charge in [0, 0.05) is 0 Å². The zero-order valence-corrected chi connectivity index (χ0v) is 6.78. The topological polar surface area (TPSA) is 50.4 Å². The molecular weight excluding hydrogens is 156 g/mol. The largest absolute Gasteiger partial charge is 0.459 e. The Morgan fingerprint density at radius 3 is 2.92 bits per heavy atom. The molecule has 1 rings (SSSR count). The molecule has 0 aliphatic heterocycles. The molecule has 3 nitrogen and oxygen atoms in total. The third-order valence-corrected chi connectivity index (χ3v) is 1.32. The Morgan fingerprint density at radius 1 is 1.67 bits per heavy atom. The third-order valence-electron chi connectivity index (χ3n) is 1.32. The highest BCUT2D eigenvalue weighted by Crippen LogP contribution is 2.08. The second-order valence-corrected chi connectivity index (χ2v) is 2.41. The summed E-state index contributed by atoms with van der Waals surface area (Å²) in [5, 5.41) is 8.64. The maximum absolute atomic E-state index is 10.5. The average Bonchev–Trinajstić information content (AvgIpc) is 2.48. The molecule has 64 valence electrons. The van der Waals surface area contributed by atoms with Crippen LogP contribution >= 0.6 is 0 Å². The smallest absolute Gasteiger partial charge is 0.152 e. The standard InChI is InChI=1S/C9H10O3/c1-7(11)2-3-8-4-5-9(6-10)12-8/h2-5,10H,6H2,1H3/b3-2+. The van der Waals surface area contributed by atoms with E-state index in [1.807, 2.05) is 0 Å². The van der Waals surface area contributed by atoms with Crippen molar-refractivity contribution in [1.29, 1.82) is 0 Å². The summed E-state index contributed by atoms with van der Waals surface area (Å²) in [6.07, 6.45) is 2.99. The zero-order valence-electron chi connectivity index (χ0n) is 6.78. The van der Waals surface area contributed by atoms with Gasteiger partial charge in [-0.1, -0.05) is 0 Å². The van der Waals surface area contributed by atoms with Crippen LogP contribution in [-0.4, -0.2) is 10.9 Å². The molecule has 0 saturated heterocycles. The monoisotopic (exact) mass is 166 g/mol. The summed E-state index contributed by atoms with van der Waals surface area (Å²) in [4.78, 5) is 10.5. The molecule has 1 N–H and O–H groups in total. The molecule has 0 saturated carbocycles. The van der Waals surface area contributed by atoms with Crippen LogP contribution in [-0.2, 0) is 11.4 Å². The molecule has 12 heavy (non-hydrogen) atoms. The van der Waals surface area contributed by atoms with Crippen molar-refractivity contribution < 1.29 is 14.3 Å². The zero-order chi connectivity index (χ0) is 8.97. The molecule has 1 heterocycles. The molecule has 0 atom stereocenters. The van der Waals surface area contributed by atoms with Gasteiger partial charge < -0.3 is 9.52 Å². The lowest BCUT2D eigenvalue weighted by Crippen LogP contribution is -1.78. The highest BCUT2D eigenvalue weighted by Gasteiger charge is 1.96. The molecule has 0 aliphatic carbocycles. The summed E-state index contributed by atoms with van der Waals surface area (Å²) >= 11 is 0. The number of aliphatic hydroxyl groups is 1. The number of ketones is 1. The summed E-state index contributed by atoms with van der Waals surface area (Å²) in [5.41, 5.74) is 0. The first kappa shape index (κ1) is 8.74. The molecular formula is C9H10O3. The molecule has 0 fully saturated rings. The van der Waals surface area contributed by atoms with E-state index >= 15 is 0 Å². The molecule has 0 radical (unpaired) electrons. The van der Waals surface area contributed by atoms with Gasteiger partial charge >= 0.3 is 0 Å². The van der Waals surface area contributed by atoms with E-state index in [2.05, 4.69) is 0 Å². The van der Waals surface area contributed by atoms with Gasteiger partial charge in [-0.25, -0.2) is 0 Å². The molecule has 1 aromatic heterocycles. The van der Waals surface area contributed by atoms with Gasteiger partial charge in [0.2, 0.25) is 0 Å². The van der Waals surface area contributed by atoms with Crippen molar-refractivity contribution >= 4 is 11.9 Å². The fraction of sp³-hybridized carbons (Fsp3) is 0.222. The number of hydrogen-bond donors (Lipinski definition) is 1. The second-order valence-electron chi connectivity index (χ2n) is 2.41. The van der Waals surface area contributed by atoms with Crippen molar-refractivity contribution in [1.82, 2.24) is 0 Å². The van der Waals surface area contributed by atoms with Crippen LogP contribution in [0.25, 0.3) is 6.08 Å². The Balaban J connectivity index is 2.70. The minimum Gasteiger partial charge on any atom is -0.459 e. The maximum atomic E-state index is 10.5. The van der Waals surface area contributed by atoms with E-state index in [0.717, 1.165) is 0 Å². The first-order valence-corrected chi connectivity index (χ1v) is 3.60. The summed E-state index contributed by atoms with van der Waals surface area (Å²) in [6, 6.07) is 3.37. The predicted octanol–water partition coefficient (Wildman–Crippen LogP) is 1.37. The van der Waals surface area contributed by atoms with Crippen molar-refractivity contribution in [3.05, 3.63) is 29.7 Å². The number of carbonyl (C=O) groups excluding carboxylic acids is 1. The lowest BCUT2D eigenvalue weighted by atomic mass is 10.3. The summed E-state index contributed by atoms with van der Waals surface area (Å²) in [5.74, 6) is 1.05. The van der Waals surface area contributed by atoms with Crippen molar-refractivity contribution in [2.45, 2.75) is 13.5 Å². The normalized spacial score (nSPS) is 10.8. The predicted molar refractivity (Wildman–Crippen MR) is 44.3 cm³/mol. The number of carbonyl (C=O) groups is 1. The first-order chi connectivity index (χ1) is 5.72. The lowest BCUT2D eigenvalue weighted by molar-refractivity contribution is -0.112. The maximum Gasteiger partial charge on any atom is 0.152 e. The first-order valence-electron chi connectivity index (χ1n) is 3.60. The van der Waals surface area contributed by atoms with E-state index in [9.17, 15) is 4.79 Å². The summed E-state index contributed by atoms with van der Waals surface area (Å²) in [6.45, 7) is 1.35. The van der Waals surface area contributed by atoms with Crippen LogP contribution in [0.1, 0.15) is 18.4 Å². The van der Waals surface area contributed by atoms with Gasteiger partial charge in [0.25, 0.3) is 0 Å². The van der Waals surface area contributed by atoms with E-state index in [0.29, 0.717) is 11.5 Å². The van der Waals surface area contributed by atoms with Crippen LogP contribution in [0.3, 0.4) is 0 Å². The minimum absolute atomic E-state index is 0.0306. The van der Waals surface area contributed by atoms with Crippen molar-refractivity contribution in [2.24, 2.45) is 0 Å². The summed E-state index contributed by atoms with van der Waals surface area (Å²) in [7, 11) is 0. The van der Waals surface area contributed by atoms with Crippen molar-refractivity contribution in [2.75, 3.05) is 0 Å². The van der Waals surface area contributed by atoms with Crippen LogP contribution in [0, 0.1) is 0 Å². The molecule has 3 heteroatoms. The molecule has 0 spiro atoms. The van der Waals surface area contributed by atoms with Gasteiger partial charge in [0.1, 0.15) is 18.1 Å². The van der Waals surface area contributed by atoms with Crippen LogP contribution in [0.15, 0.2) is 22.6 Å². The molecule has 0 amide bonds. The molecule has 0 aliphatic rings. The van der Waals surface area contributed by atoms with Crippen LogP contribution in [0.5, 0.6) is 0 Å².